The average molecular weight is 272 g/mol. The highest BCUT2D eigenvalue weighted by molar-refractivity contribution is 7.80. The smallest absolute Gasteiger partial charge is 0.261 e. The number of thiophene rings is 1. The number of carbonyl (C=O) groups is 2. The Balaban J connectivity index is 2.41. The largest absolute Gasteiger partial charge is 0.350 e. The fourth-order valence-electron chi connectivity index (χ4n) is 1.16. The van der Waals surface area contributed by atoms with Crippen LogP contribution < -0.4 is 10.6 Å². The number of thiol groups is 1. The van der Waals surface area contributed by atoms with Crippen LogP contribution in [0.25, 0.3) is 0 Å². The molecule has 2 amide bonds. The zero-order valence-corrected chi connectivity index (χ0v) is 11.7. The Morgan fingerprint density at radius 2 is 2.06 bits per heavy atom. The molecule has 4 nitrogen and oxygen atoms in total. The Kier molecular flexibility index (Phi) is 4.59. The third-order valence-corrected chi connectivity index (χ3v) is 3.10. The Labute approximate surface area is 110 Å². The molecule has 0 saturated heterocycles. The maximum Gasteiger partial charge on any atom is 0.261 e. The molecule has 94 valence electrons. The maximum absolute atomic E-state index is 11.6. The fourth-order valence-corrected chi connectivity index (χ4v) is 2.22. The van der Waals surface area contributed by atoms with E-state index in [-0.39, 0.29) is 23.9 Å². The molecule has 1 heterocycles. The second kappa shape index (κ2) is 5.55. The lowest BCUT2D eigenvalue weighted by molar-refractivity contribution is -0.121. The molecule has 2 N–H and O–H groups in total. The van der Waals surface area contributed by atoms with E-state index in [0.29, 0.717) is 4.88 Å². The molecule has 17 heavy (non-hydrogen) atoms. The van der Waals surface area contributed by atoms with Crippen molar-refractivity contribution in [2.45, 2.75) is 31.2 Å². The van der Waals surface area contributed by atoms with Gasteiger partial charge < -0.3 is 10.6 Å². The first kappa shape index (κ1) is 14.1. The van der Waals surface area contributed by atoms with Gasteiger partial charge in [0, 0.05) is 15.8 Å². The molecular formula is C11H16N2O2S2. The summed E-state index contributed by atoms with van der Waals surface area (Å²) in [6.07, 6.45) is 0. The summed E-state index contributed by atoms with van der Waals surface area (Å²) in [7, 11) is 0. The van der Waals surface area contributed by atoms with Gasteiger partial charge in [-0.3, -0.25) is 9.59 Å². The molecule has 0 aliphatic rings. The Hall–Kier alpha value is -1.01. The lowest BCUT2D eigenvalue weighted by Crippen LogP contribution is -2.45. The van der Waals surface area contributed by atoms with Crippen molar-refractivity contribution in [3.05, 3.63) is 16.3 Å². The molecule has 0 fully saturated rings. The average Bonchev–Trinajstić information content (AvgIpc) is 2.58. The highest BCUT2D eigenvalue weighted by Gasteiger charge is 2.15. The summed E-state index contributed by atoms with van der Waals surface area (Å²) < 4.78 is 0. The topological polar surface area (TPSA) is 58.2 Å². The van der Waals surface area contributed by atoms with E-state index < -0.39 is 0 Å². The molecular weight excluding hydrogens is 256 g/mol. The van der Waals surface area contributed by atoms with Crippen LogP contribution in [-0.4, -0.2) is 23.9 Å². The van der Waals surface area contributed by atoms with E-state index in [1.807, 2.05) is 20.8 Å². The van der Waals surface area contributed by atoms with Crippen LogP contribution in [0, 0.1) is 0 Å². The zero-order chi connectivity index (χ0) is 13.1. The van der Waals surface area contributed by atoms with Crippen LogP contribution in [0.2, 0.25) is 0 Å². The van der Waals surface area contributed by atoms with Gasteiger partial charge in [0.15, 0.2) is 0 Å². The van der Waals surface area contributed by atoms with Gasteiger partial charge in [0.25, 0.3) is 5.91 Å². The van der Waals surface area contributed by atoms with Crippen molar-refractivity contribution in [1.29, 1.82) is 0 Å². The summed E-state index contributed by atoms with van der Waals surface area (Å²) in [6.45, 7) is 5.65. The van der Waals surface area contributed by atoms with Gasteiger partial charge in [-0.25, -0.2) is 0 Å². The van der Waals surface area contributed by atoms with E-state index in [4.69, 9.17) is 0 Å². The molecule has 0 atom stereocenters. The zero-order valence-electron chi connectivity index (χ0n) is 10.0. The second-order valence-corrected chi connectivity index (χ2v) is 6.08. The van der Waals surface area contributed by atoms with E-state index >= 15 is 0 Å². The first-order valence-electron chi connectivity index (χ1n) is 5.14. The summed E-state index contributed by atoms with van der Waals surface area (Å²) in [5.41, 5.74) is -0.289. The highest BCUT2D eigenvalue weighted by atomic mass is 32.1. The summed E-state index contributed by atoms with van der Waals surface area (Å²) in [5, 5.41) is 7.10. The van der Waals surface area contributed by atoms with Gasteiger partial charge in [-0.1, -0.05) is 0 Å². The molecule has 0 spiro atoms. The molecule has 0 aliphatic carbocycles. The fraction of sp³-hybridized carbons (Fsp3) is 0.455. The van der Waals surface area contributed by atoms with Crippen LogP contribution in [0.15, 0.2) is 16.3 Å². The van der Waals surface area contributed by atoms with E-state index in [2.05, 4.69) is 23.3 Å². The number of hydrogen-bond donors (Lipinski definition) is 3. The van der Waals surface area contributed by atoms with Crippen molar-refractivity contribution >= 4 is 35.8 Å². The molecule has 1 rings (SSSR count). The third kappa shape index (κ3) is 5.23. The summed E-state index contributed by atoms with van der Waals surface area (Å²) in [5.74, 6) is -0.451. The standard InChI is InChI=1S/C11H16N2O2S2/c1-11(2,3)13-9(14)5-12-10(15)8-4-7(16)6-17-8/h4,6,16H,5H2,1-3H3,(H,12,15)(H,13,14). The normalized spacial score (nSPS) is 11.1. The number of carbonyl (C=O) groups excluding carboxylic acids is 2. The predicted octanol–water partition coefficient (Wildman–Crippen LogP) is 1.68. The first-order chi connectivity index (χ1) is 7.78. The Morgan fingerprint density at radius 3 is 2.53 bits per heavy atom. The Bertz CT molecular complexity index is 421. The number of nitrogens with one attached hydrogen (secondary N) is 2. The summed E-state index contributed by atoms with van der Waals surface area (Å²) >= 11 is 5.42. The quantitative estimate of drug-likeness (QED) is 0.733. The monoisotopic (exact) mass is 272 g/mol. The van der Waals surface area contributed by atoms with E-state index in [1.54, 1.807) is 11.4 Å². The molecule has 6 heteroatoms. The number of amides is 2. The predicted molar refractivity (Wildman–Crippen MR) is 71.8 cm³/mol. The van der Waals surface area contributed by atoms with Gasteiger partial charge >= 0.3 is 0 Å². The highest BCUT2D eigenvalue weighted by Crippen LogP contribution is 2.17. The van der Waals surface area contributed by atoms with Crippen LogP contribution in [-0.2, 0) is 4.79 Å². The lowest BCUT2D eigenvalue weighted by Gasteiger charge is -2.20. The van der Waals surface area contributed by atoms with Crippen molar-refractivity contribution in [2.24, 2.45) is 0 Å². The van der Waals surface area contributed by atoms with Gasteiger partial charge in [-0.2, -0.15) is 0 Å². The molecule has 0 aromatic carbocycles. The van der Waals surface area contributed by atoms with Gasteiger partial charge in [-0.05, 0) is 26.8 Å². The van der Waals surface area contributed by atoms with Crippen LogP contribution in [0.5, 0.6) is 0 Å². The van der Waals surface area contributed by atoms with Gasteiger partial charge in [0.05, 0.1) is 11.4 Å². The van der Waals surface area contributed by atoms with Crippen molar-refractivity contribution in [3.63, 3.8) is 0 Å². The van der Waals surface area contributed by atoms with Crippen molar-refractivity contribution in [2.75, 3.05) is 6.54 Å². The minimum absolute atomic E-state index is 0.0179. The van der Waals surface area contributed by atoms with Crippen LogP contribution in [0.3, 0.4) is 0 Å². The van der Waals surface area contributed by atoms with E-state index in [9.17, 15) is 9.59 Å². The minimum atomic E-state index is -0.289. The molecule has 0 unspecified atom stereocenters. The van der Waals surface area contributed by atoms with Crippen molar-refractivity contribution in [3.8, 4) is 0 Å². The Morgan fingerprint density at radius 1 is 1.41 bits per heavy atom. The van der Waals surface area contributed by atoms with Crippen LogP contribution >= 0.6 is 24.0 Å². The lowest BCUT2D eigenvalue weighted by atomic mass is 10.1. The van der Waals surface area contributed by atoms with Gasteiger partial charge in [0.2, 0.25) is 5.91 Å². The number of rotatable bonds is 3. The molecule has 0 bridgehead atoms. The van der Waals surface area contributed by atoms with Crippen LogP contribution in [0.1, 0.15) is 30.4 Å². The van der Waals surface area contributed by atoms with Crippen LogP contribution in [0.4, 0.5) is 0 Å². The molecule has 0 saturated carbocycles. The second-order valence-electron chi connectivity index (χ2n) is 4.65. The first-order valence-corrected chi connectivity index (χ1v) is 6.47. The van der Waals surface area contributed by atoms with Crippen molar-refractivity contribution < 1.29 is 9.59 Å². The maximum atomic E-state index is 11.6. The van der Waals surface area contributed by atoms with E-state index in [1.165, 1.54) is 11.3 Å². The van der Waals surface area contributed by atoms with Crippen molar-refractivity contribution in [1.82, 2.24) is 10.6 Å². The molecule has 1 aromatic rings. The minimum Gasteiger partial charge on any atom is -0.350 e. The molecule has 0 aliphatic heterocycles. The summed E-state index contributed by atoms with van der Waals surface area (Å²) in [6, 6.07) is 1.67. The SMILES string of the molecule is CC(C)(C)NC(=O)CNC(=O)c1cc(S)cs1. The van der Waals surface area contributed by atoms with Gasteiger partial charge in [0.1, 0.15) is 0 Å². The number of hydrogen-bond acceptors (Lipinski definition) is 4. The molecule has 0 radical (unpaired) electrons. The summed E-state index contributed by atoms with van der Waals surface area (Å²) in [4.78, 5) is 24.4. The van der Waals surface area contributed by atoms with Gasteiger partial charge in [-0.15, -0.1) is 24.0 Å². The third-order valence-electron chi connectivity index (χ3n) is 1.73. The van der Waals surface area contributed by atoms with E-state index in [0.717, 1.165) is 4.90 Å². The molecule has 1 aromatic heterocycles.